The molecule has 4 atom stereocenters. The van der Waals surface area contributed by atoms with E-state index in [1.54, 1.807) is 18.4 Å². The van der Waals surface area contributed by atoms with Crippen LogP contribution in [-0.4, -0.2) is 58.6 Å². The summed E-state index contributed by atoms with van der Waals surface area (Å²) in [5.74, 6) is -0.847. The Morgan fingerprint density at radius 3 is 2.77 bits per heavy atom. The molecule has 142 valence electrons. The zero-order valence-corrected chi connectivity index (χ0v) is 15.4. The number of halogens is 1. The smallest absolute Gasteiger partial charge is 0.274 e. The number of hydrogen-bond donors (Lipinski definition) is 2. The highest BCUT2D eigenvalue weighted by atomic mass is 35.5. The highest BCUT2D eigenvalue weighted by Crippen LogP contribution is 2.43. The van der Waals surface area contributed by atoms with E-state index in [1.165, 1.54) is 12.7 Å². The van der Waals surface area contributed by atoms with Crippen molar-refractivity contribution in [2.75, 3.05) is 6.54 Å². The van der Waals surface area contributed by atoms with Gasteiger partial charge in [-0.1, -0.05) is 11.6 Å². The fourth-order valence-corrected chi connectivity index (χ4v) is 3.83. The Kier molecular flexibility index (Phi) is 4.19. The van der Waals surface area contributed by atoms with Crippen molar-refractivity contribution in [3.8, 4) is 0 Å². The molecule has 2 aromatic rings. The number of nitrogens with two attached hydrogens (primary N) is 1. The SMILES string of the molecule is CC1(C)O[C@@H]2[C@H](O1)[C@@H](CNS(N)(=O)=O)O[C@H]2n1cnc2c(Cl)ncnc21. The highest BCUT2D eigenvalue weighted by Gasteiger charge is 2.56. The van der Waals surface area contributed by atoms with Gasteiger partial charge in [0, 0.05) is 6.54 Å². The lowest BCUT2D eigenvalue weighted by Gasteiger charge is -2.24. The Balaban J connectivity index is 1.68. The van der Waals surface area contributed by atoms with E-state index < -0.39 is 40.5 Å². The van der Waals surface area contributed by atoms with Gasteiger partial charge in [-0.05, 0) is 13.8 Å². The van der Waals surface area contributed by atoms with Crippen LogP contribution in [0, 0.1) is 0 Å². The predicted octanol–water partition coefficient (Wildman–Crippen LogP) is -0.310. The molecule has 4 rings (SSSR count). The molecule has 0 radical (unpaired) electrons. The quantitative estimate of drug-likeness (QED) is 0.660. The monoisotopic (exact) mass is 404 g/mol. The summed E-state index contributed by atoms with van der Waals surface area (Å²) in [6.45, 7) is 3.49. The zero-order valence-electron chi connectivity index (χ0n) is 13.9. The first-order valence-corrected chi connectivity index (χ1v) is 9.68. The van der Waals surface area contributed by atoms with Crippen LogP contribution in [0.15, 0.2) is 12.7 Å². The summed E-state index contributed by atoms with van der Waals surface area (Å²) in [4.78, 5) is 12.3. The lowest BCUT2D eigenvalue weighted by molar-refractivity contribution is -0.195. The molecule has 4 heterocycles. The second-order valence-electron chi connectivity index (χ2n) is 6.51. The molecule has 0 aliphatic carbocycles. The third kappa shape index (κ3) is 3.17. The summed E-state index contributed by atoms with van der Waals surface area (Å²) in [6.07, 6.45) is 0.606. The minimum Gasteiger partial charge on any atom is -0.348 e. The molecule has 0 aromatic carbocycles. The van der Waals surface area contributed by atoms with Gasteiger partial charge in [0.2, 0.25) is 0 Å². The molecule has 13 heteroatoms. The Morgan fingerprint density at radius 2 is 2.04 bits per heavy atom. The normalized spacial score (nSPS) is 30.8. The van der Waals surface area contributed by atoms with Gasteiger partial charge < -0.3 is 14.2 Å². The van der Waals surface area contributed by atoms with Crippen molar-refractivity contribution in [3.63, 3.8) is 0 Å². The molecule has 0 unspecified atom stereocenters. The number of nitrogens with one attached hydrogen (secondary N) is 1. The summed E-state index contributed by atoms with van der Waals surface area (Å²) in [6, 6.07) is 0. The van der Waals surface area contributed by atoms with Gasteiger partial charge in [-0.2, -0.15) is 13.1 Å². The zero-order chi connectivity index (χ0) is 18.7. The third-order valence-corrected chi connectivity index (χ3v) is 5.04. The maximum atomic E-state index is 11.2. The average Bonchev–Trinajstić information content (AvgIpc) is 3.16. The van der Waals surface area contributed by atoms with Crippen LogP contribution in [0.1, 0.15) is 20.1 Å². The maximum absolute atomic E-state index is 11.2. The minimum absolute atomic E-state index is 0.0572. The Hall–Kier alpha value is -1.41. The molecule has 0 bridgehead atoms. The van der Waals surface area contributed by atoms with Gasteiger partial charge in [-0.25, -0.2) is 20.1 Å². The van der Waals surface area contributed by atoms with Gasteiger partial charge in [0.1, 0.15) is 30.2 Å². The number of rotatable bonds is 4. The molecular weight excluding hydrogens is 388 g/mol. The number of aromatic nitrogens is 4. The van der Waals surface area contributed by atoms with Gasteiger partial charge in [0.15, 0.2) is 22.8 Å². The molecule has 2 fully saturated rings. The summed E-state index contributed by atoms with van der Waals surface area (Å²) in [5.41, 5.74) is 0.903. The van der Waals surface area contributed by atoms with E-state index in [0.717, 1.165) is 0 Å². The summed E-state index contributed by atoms with van der Waals surface area (Å²) >= 11 is 6.05. The van der Waals surface area contributed by atoms with E-state index in [2.05, 4.69) is 19.7 Å². The molecule has 26 heavy (non-hydrogen) atoms. The van der Waals surface area contributed by atoms with E-state index in [-0.39, 0.29) is 11.7 Å². The first-order valence-electron chi connectivity index (χ1n) is 7.76. The molecule has 2 aliphatic heterocycles. The first kappa shape index (κ1) is 18.0. The van der Waals surface area contributed by atoms with Gasteiger partial charge in [0.05, 0.1) is 6.33 Å². The number of imidazole rings is 1. The van der Waals surface area contributed by atoms with Gasteiger partial charge in [-0.15, -0.1) is 0 Å². The van der Waals surface area contributed by atoms with Crippen molar-refractivity contribution in [2.45, 2.75) is 44.2 Å². The molecule has 11 nitrogen and oxygen atoms in total. The van der Waals surface area contributed by atoms with Crippen LogP contribution in [0.25, 0.3) is 11.2 Å². The van der Waals surface area contributed by atoms with Crippen molar-refractivity contribution >= 4 is 33.0 Å². The van der Waals surface area contributed by atoms with Crippen molar-refractivity contribution in [2.24, 2.45) is 5.14 Å². The summed E-state index contributed by atoms with van der Waals surface area (Å²) in [5, 5.41) is 5.23. The standard InChI is InChI=1S/C13H17ClN6O5S/c1-13(2)24-8-6(3-19-26(15,21)22)23-12(9(8)25-13)20-5-18-7-10(14)16-4-17-11(7)20/h4-6,8-9,12,19H,3H2,1-2H3,(H2,15,21,22)/t6-,8-,9-,12-/m1/s1. The molecular formula is C13H17ClN6O5S. The fourth-order valence-electron chi connectivity index (χ4n) is 3.26. The Labute approximate surface area is 154 Å². The Bertz CT molecular complexity index is 950. The van der Waals surface area contributed by atoms with Crippen molar-refractivity contribution < 1.29 is 22.6 Å². The largest absolute Gasteiger partial charge is 0.348 e. The number of nitrogens with zero attached hydrogens (tertiary/aromatic N) is 4. The molecule has 2 aliphatic rings. The van der Waals surface area contributed by atoms with Gasteiger partial charge in [0.25, 0.3) is 10.2 Å². The summed E-state index contributed by atoms with van der Waals surface area (Å²) in [7, 11) is -3.86. The molecule has 2 aromatic heterocycles. The molecule has 2 saturated heterocycles. The van der Waals surface area contributed by atoms with Crippen LogP contribution < -0.4 is 9.86 Å². The van der Waals surface area contributed by atoms with Crippen LogP contribution in [0.4, 0.5) is 0 Å². The van der Waals surface area contributed by atoms with Crippen LogP contribution in [0.5, 0.6) is 0 Å². The first-order chi connectivity index (χ1) is 12.1. The van der Waals surface area contributed by atoms with Gasteiger partial charge in [-0.3, -0.25) is 4.57 Å². The number of ether oxygens (including phenoxy) is 3. The van der Waals surface area contributed by atoms with Crippen molar-refractivity contribution in [3.05, 3.63) is 17.8 Å². The van der Waals surface area contributed by atoms with E-state index >= 15 is 0 Å². The Morgan fingerprint density at radius 1 is 1.31 bits per heavy atom. The lowest BCUT2D eigenvalue weighted by atomic mass is 10.1. The average molecular weight is 405 g/mol. The second-order valence-corrected chi connectivity index (χ2v) is 8.25. The lowest BCUT2D eigenvalue weighted by Crippen LogP contribution is -2.42. The molecule has 3 N–H and O–H groups in total. The molecule has 0 amide bonds. The van der Waals surface area contributed by atoms with Crippen LogP contribution in [0.3, 0.4) is 0 Å². The van der Waals surface area contributed by atoms with Crippen LogP contribution in [-0.2, 0) is 24.4 Å². The van der Waals surface area contributed by atoms with Crippen LogP contribution >= 0.6 is 11.6 Å². The topological polar surface area (TPSA) is 143 Å². The predicted molar refractivity (Wildman–Crippen MR) is 89.2 cm³/mol. The van der Waals surface area contributed by atoms with E-state index in [0.29, 0.717) is 11.2 Å². The van der Waals surface area contributed by atoms with E-state index in [1.807, 2.05) is 0 Å². The van der Waals surface area contributed by atoms with Gasteiger partial charge >= 0.3 is 0 Å². The maximum Gasteiger partial charge on any atom is 0.274 e. The summed E-state index contributed by atoms with van der Waals surface area (Å²) < 4.78 is 44.2. The molecule has 0 spiro atoms. The van der Waals surface area contributed by atoms with E-state index in [4.69, 9.17) is 31.0 Å². The number of hydrogen-bond acceptors (Lipinski definition) is 8. The number of fused-ring (bicyclic) bond motifs is 2. The van der Waals surface area contributed by atoms with Crippen LogP contribution in [0.2, 0.25) is 5.15 Å². The third-order valence-electron chi connectivity index (χ3n) is 4.20. The van der Waals surface area contributed by atoms with E-state index in [9.17, 15) is 8.42 Å². The second kappa shape index (κ2) is 6.05. The fraction of sp³-hybridized carbons (Fsp3) is 0.615. The van der Waals surface area contributed by atoms with Crippen molar-refractivity contribution in [1.29, 1.82) is 0 Å². The van der Waals surface area contributed by atoms with Crippen molar-refractivity contribution in [1.82, 2.24) is 24.2 Å². The minimum atomic E-state index is -3.86. The molecule has 0 saturated carbocycles. The highest BCUT2D eigenvalue weighted by molar-refractivity contribution is 7.87.